The summed E-state index contributed by atoms with van der Waals surface area (Å²) in [5.74, 6) is -1.91. The van der Waals surface area contributed by atoms with Gasteiger partial charge in [0.15, 0.2) is 6.61 Å². The fourth-order valence-electron chi connectivity index (χ4n) is 4.69. The number of rotatable bonds is 7. The number of imide groups is 1. The Balaban J connectivity index is 1.37. The van der Waals surface area contributed by atoms with Crippen LogP contribution in [0.1, 0.15) is 36.5 Å². The summed E-state index contributed by atoms with van der Waals surface area (Å²) in [5, 5.41) is 13.5. The number of carbonyl (C=O) groups excluding carboxylic acids is 4. The standard InChI is InChI=1S/C25H25N3O8/c1-14-3-9-18-19(11-14)24(31)27(23(18)30)16-6-4-15(5-7-16)25(32)36-13-22(29)26-20-12-17(35-2)8-10-21(20)28(33)34/h4-8,10,12,14,18-19H,3,9,11,13H2,1-2H3,(H,26,29)/t14-,18-,19+/m1/s1. The second-order valence-corrected chi connectivity index (χ2v) is 8.95. The van der Waals surface area contributed by atoms with E-state index in [1.54, 1.807) is 0 Å². The number of ether oxygens (including phenoxy) is 2. The third-order valence-corrected chi connectivity index (χ3v) is 6.56. The molecule has 3 atom stereocenters. The van der Waals surface area contributed by atoms with E-state index in [9.17, 15) is 29.3 Å². The van der Waals surface area contributed by atoms with Gasteiger partial charge in [-0.05, 0) is 55.5 Å². The minimum Gasteiger partial charge on any atom is -0.497 e. The number of methoxy groups -OCH3 is 1. The predicted octanol–water partition coefficient (Wildman–Crippen LogP) is 3.32. The number of nitro groups is 1. The largest absolute Gasteiger partial charge is 0.497 e. The quantitative estimate of drug-likeness (QED) is 0.266. The molecule has 0 radical (unpaired) electrons. The molecular weight excluding hydrogens is 470 g/mol. The van der Waals surface area contributed by atoms with Crippen LogP contribution < -0.4 is 15.0 Å². The van der Waals surface area contributed by atoms with Crippen LogP contribution in [0.25, 0.3) is 0 Å². The van der Waals surface area contributed by atoms with Crippen LogP contribution in [0.5, 0.6) is 5.75 Å². The van der Waals surface area contributed by atoms with Crippen molar-refractivity contribution in [3.05, 3.63) is 58.1 Å². The van der Waals surface area contributed by atoms with Crippen molar-refractivity contribution < 1.29 is 33.6 Å². The number of anilines is 2. The number of amides is 3. The molecule has 0 bridgehead atoms. The van der Waals surface area contributed by atoms with Gasteiger partial charge in [0.05, 0.1) is 35.1 Å². The van der Waals surface area contributed by atoms with Crippen LogP contribution in [-0.4, -0.2) is 42.3 Å². The molecule has 11 nitrogen and oxygen atoms in total. The number of carbonyl (C=O) groups is 4. The van der Waals surface area contributed by atoms with Gasteiger partial charge in [-0.2, -0.15) is 0 Å². The molecule has 4 rings (SSSR count). The van der Waals surface area contributed by atoms with Crippen molar-refractivity contribution in [2.75, 3.05) is 23.9 Å². The number of nitro benzene ring substituents is 1. The normalized spacial score (nSPS) is 21.1. The van der Waals surface area contributed by atoms with E-state index < -0.39 is 23.4 Å². The van der Waals surface area contributed by atoms with E-state index >= 15 is 0 Å². The zero-order valence-corrected chi connectivity index (χ0v) is 19.8. The lowest BCUT2D eigenvalue weighted by atomic mass is 9.76. The van der Waals surface area contributed by atoms with Gasteiger partial charge >= 0.3 is 5.97 Å². The lowest BCUT2D eigenvalue weighted by Crippen LogP contribution is -2.30. The summed E-state index contributed by atoms with van der Waals surface area (Å²) in [4.78, 5) is 62.1. The first-order valence-corrected chi connectivity index (χ1v) is 11.5. The van der Waals surface area contributed by atoms with Crippen LogP contribution in [0, 0.1) is 27.9 Å². The van der Waals surface area contributed by atoms with E-state index in [1.807, 2.05) is 0 Å². The van der Waals surface area contributed by atoms with E-state index in [1.165, 1.54) is 54.5 Å². The second kappa shape index (κ2) is 10.1. The molecule has 1 aliphatic heterocycles. The summed E-state index contributed by atoms with van der Waals surface area (Å²) in [5.41, 5.74) is 0.0572. The highest BCUT2D eigenvalue weighted by molar-refractivity contribution is 6.22. The first-order valence-electron chi connectivity index (χ1n) is 11.5. The van der Waals surface area contributed by atoms with Crippen LogP contribution >= 0.6 is 0 Å². The molecule has 2 fully saturated rings. The summed E-state index contributed by atoms with van der Waals surface area (Å²) < 4.78 is 10.0. The highest BCUT2D eigenvalue weighted by atomic mass is 16.6. The van der Waals surface area contributed by atoms with E-state index in [2.05, 4.69) is 12.2 Å². The summed E-state index contributed by atoms with van der Waals surface area (Å²) in [6.45, 7) is 1.40. The van der Waals surface area contributed by atoms with Gasteiger partial charge < -0.3 is 14.8 Å². The Kier molecular flexibility index (Phi) is 7.00. The summed E-state index contributed by atoms with van der Waals surface area (Å²) >= 11 is 0. The maximum Gasteiger partial charge on any atom is 0.338 e. The van der Waals surface area contributed by atoms with Gasteiger partial charge in [-0.15, -0.1) is 0 Å². The zero-order valence-electron chi connectivity index (χ0n) is 19.8. The van der Waals surface area contributed by atoms with Crippen molar-refractivity contribution in [2.24, 2.45) is 17.8 Å². The molecule has 2 aromatic carbocycles. The molecule has 36 heavy (non-hydrogen) atoms. The van der Waals surface area contributed by atoms with Gasteiger partial charge in [-0.1, -0.05) is 6.92 Å². The van der Waals surface area contributed by atoms with Gasteiger partial charge in [0.1, 0.15) is 11.4 Å². The Morgan fingerprint density at radius 1 is 1.08 bits per heavy atom. The summed E-state index contributed by atoms with van der Waals surface area (Å²) in [7, 11) is 1.38. The maximum atomic E-state index is 12.9. The SMILES string of the molecule is COc1ccc([N+](=O)[O-])c(NC(=O)COC(=O)c2ccc(N3C(=O)[C@H]4C[C@H](C)CC[C@H]4C3=O)cc2)c1. The smallest absolute Gasteiger partial charge is 0.338 e. The van der Waals surface area contributed by atoms with E-state index in [0.717, 1.165) is 6.42 Å². The van der Waals surface area contributed by atoms with Crippen LogP contribution in [-0.2, 0) is 19.1 Å². The molecule has 0 unspecified atom stereocenters. The number of hydrogen-bond donors (Lipinski definition) is 1. The molecule has 0 spiro atoms. The van der Waals surface area contributed by atoms with Crippen LogP contribution in [0.4, 0.5) is 17.1 Å². The highest BCUT2D eigenvalue weighted by Gasteiger charge is 2.49. The zero-order chi connectivity index (χ0) is 26.0. The Hall–Kier alpha value is -4.28. The van der Waals surface area contributed by atoms with Crippen LogP contribution in [0.3, 0.4) is 0 Å². The lowest BCUT2D eigenvalue weighted by Gasteiger charge is -2.25. The maximum absolute atomic E-state index is 12.9. The third kappa shape index (κ3) is 4.90. The molecule has 1 saturated heterocycles. The molecule has 11 heteroatoms. The minimum absolute atomic E-state index is 0.0975. The summed E-state index contributed by atoms with van der Waals surface area (Å²) in [6.07, 6.45) is 2.30. The van der Waals surface area contributed by atoms with Gasteiger partial charge in [-0.25, -0.2) is 4.79 Å². The average molecular weight is 495 g/mol. The summed E-state index contributed by atoms with van der Waals surface area (Å²) in [6, 6.07) is 9.66. The van der Waals surface area contributed by atoms with E-state index in [4.69, 9.17) is 9.47 Å². The van der Waals surface area contributed by atoms with Crippen molar-refractivity contribution in [1.82, 2.24) is 0 Å². The van der Waals surface area contributed by atoms with Gasteiger partial charge in [0, 0.05) is 12.1 Å². The fourth-order valence-corrected chi connectivity index (χ4v) is 4.69. The molecule has 1 N–H and O–H groups in total. The lowest BCUT2D eigenvalue weighted by molar-refractivity contribution is -0.383. The number of benzene rings is 2. The van der Waals surface area contributed by atoms with Crippen molar-refractivity contribution in [3.63, 3.8) is 0 Å². The molecule has 3 amide bonds. The Labute approximate surface area is 206 Å². The molecule has 0 aromatic heterocycles. The second-order valence-electron chi connectivity index (χ2n) is 8.95. The number of nitrogens with zero attached hydrogens (tertiary/aromatic N) is 2. The average Bonchev–Trinajstić information content (AvgIpc) is 3.11. The molecule has 2 aliphatic rings. The minimum atomic E-state index is -0.807. The van der Waals surface area contributed by atoms with Crippen molar-refractivity contribution >= 4 is 40.8 Å². The number of fused-ring (bicyclic) bond motifs is 1. The Morgan fingerprint density at radius 3 is 2.44 bits per heavy atom. The van der Waals surface area contributed by atoms with Gasteiger partial charge in [0.2, 0.25) is 11.8 Å². The Bertz CT molecular complexity index is 1230. The molecule has 188 valence electrons. The van der Waals surface area contributed by atoms with Gasteiger partial charge in [0.25, 0.3) is 11.6 Å². The van der Waals surface area contributed by atoms with E-state index in [0.29, 0.717) is 30.2 Å². The first-order chi connectivity index (χ1) is 17.2. The third-order valence-electron chi connectivity index (χ3n) is 6.56. The fraction of sp³-hybridized carbons (Fsp3) is 0.360. The Morgan fingerprint density at radius 2 is 1.78 bits per heavy atom. The predicted molar refractivity (Wildman–Crippen MR) is 127 cm³/mol. The molecule has 1 heterocycles. The van der Waals surface area contributed by atoms with Crippen molar-refractivity contribution in [3.8, 4) is 5.75 Å². The molecule has 1 aliphatic carbocycles. The van der Waals surface area contributed by atoms with Gasteiger partial charge in [-0.3, -0.25) is 29.4 Å². The topological polar surface area (TPSA) is 145 Å². The van der Waals surface area contributed by atoms with Crippen molar-refractivity contribution in [2.45, 2.75) is 26.2 Å². The van der Waals surface area contributed by atoms with Crippen LogP contribution in [0.15, 0.2) is 42.5 Å². The van der Waals surface area contributed by atoms with Crippen molar-refractivity contribution in [1.29, 1.82) is 0 Å². The number of esters is 1. The van der Waals surface area contributed by atoms with E-state index in [-0.39, 0.29) is 40.6 Å². The van der Waals surface area contributed by atoms with Crippen LogP contribution in [0.2, 0.25) is 0 Å². The molecular formula is C25H25N3O8. The highest BCUT2D eigenvalue weighted by Crippen LogP contribution is 2.42. The monoisotopic (exact) mass is 495 g/mol. The first kappa shape index (κ1) is 24.8. The molecule has 1 saturated carbocycles. The molecule has 2 aromatic rings. The number of nitrogens with one attached hydrogen (secondary N) is 1. The number of hydrogen-bond acceptors (Lipinski definition) is 8.